The molecule has 0 aromatic heterocycles. The lowest BCUT2D eigenvalue weighted by Crippen LogP contribution is -2.32. The zero-order chi connectivity index (χ0) is 9.52. The minimum atomic E-state index is 0.798. The molecule has 1 aliphatic rings. The molecular formula is C11H23NS. The Bertz CT molecular complexity index is 127. The van der Waals surface area contributed by atoms with Gasteiger partial charge in [0.1, 0.15) is 0 Å². The van der Waals surface area contributed by atoms with E-state index in [1.54, 1.807) is 0 Å². The molecule has 0 amide bonds. The maximum Gasteiger partial charge on any atom is 0.0191 e. The van der Waals surface area contributed by atoms with E-state index in [0.29, 0.717) is 0 Å². The van der Waals surface area contributed by atoms with E-state index in [4.69, 9.17) is 0 Å². The summed E-state index contributed by atoms with van der Waals surface area (Å²) in [5.41, 5.74) is 0. The lowest BCUT2D eigenvalue weighted by Gasteiger charge is -2.17. The molecule has 1 N–H and O–H groups in total. The maximum absolute atomic E-state index is 3.43. The molecule has 0 aromatic rings. The van der Waals surface area contributed by atoms with Crippen LogP contribution in [0.5, 0.6) is 0 Å². The Balaban J connectivity index is 2.06. The monoisotopic (exact) mass is 201 g/mol. The summed E-state index contributed by atoms with van der Waals surface area (Å²) in [5, 5.41) is 3.43. The van der Waals surface area contributed by atoms with Crippen LogP contribution in [0.15, 0.2) is 0 Å². The summed E-state index contributed by atoms with van der Waals surface area (Å²) >= 11 is 2.12. The van der Waals surface area contributed by atoms with Gasteiger partial charge in [-0.1, -0.05) is 32.6 Å². The summed E-state index contributed by atoms with van der Waals surface area (Å²) in [7, 11) is 2.11. The number of unbranched alkanes of at least 4 members (excludes halogenated alkanes) is 3. The van der Waals surface area contributed by atoms with E-state index in [-0.39, 0.29) is 0 Å². The van der Waals surface area contributed by atoms with Gasteiger partial charge in [-0.15, -0.1) is 0 Å². The largest absolute Gasteiger partial charge is 0.316 e. The van der Waals surface area contributed by atoms with Crippen molar-refractivity contribution in [2.75, 3.05) is 18.6 Å². The van der Waals surface area contributed by atoms with Gasteiger partial charge >= 0.3 is 0 Å². The molecule has 2 atom stereocenters. The van der Waals surface area contributed by atoms with Crippen LogP contribution in [0.3, 0.4) is 0 Å². The predicted molar refractivity (Wildman–Crippen MR) is 62.4 cm³/mol. The standard InChI is InChI=1S/C11H23NS/c1-3-4-5-6-7-10-8-13-9-11(10)12-2/h10-12H,3-9H2,1-2H3. The molecule has 0 aromatic carbocycles. The highest BCUT2D eigenvalue weighted by Gasteiger charge is 2.25. The van der Waals surface area contributed by atoms with Crippen molar-refractivity contribution in [3.8, 4) is 0 Å². The van der Waals surface area contributed by atoms with Gasteiger partial charge in [-0.3, -0.25) is 0 Å². The van der Waals surface area contributed by atoms with Crippen LogP contribution in [0.2, 0.25) is 0 Å². The number of rotatable bonds is 6. The van der Waals surface area contributed by atoms with E-state index in [9.17, 15) is 0 Å². The third-order valence-corrected chi connectivity index (χ3v) is 4.26. The van der Waals surface area contributed by atoms with Crippen molar-refractivity contribution in [3.05, 3.63) is 0 Å². The highest BCUT2D eigenvalue weighted by atomic mass is 32.2. The molecule has 1 fully saturated rings. The smallest absolute Gasteiger partial charge is 0.0191 e. The molecule has 0 aliphatic carbocycles. The second-order valence-electron chi connectivity index (χ2n) is 4.04. The molecule has 0 radical (unpaired) electrons. The van der Waals surface area contributed by atoms with Gasteiger partial charge < -0.3 is 5.32 Å². The first kappa shape index (κ1) is 11.4. The Morgan fingerprint density at radius 3 is 2.77 bits per heavy atom. The van der Waals surface area contributed by atoms with Crippen LogP contribution in [0, 0.1) is 5.92 Å². The average molecular weight is 201 g/mol. The van der Waals surface area contributed by atoms with Crippen LogP contribution in [-0.4, -0.2) is 24.6 Å². The average Bonchev–Trinajstić information content (AvgIpc) is 2.60. The summed E-state index contributed by atoms with van der Waals surface area (Å²) in [5.74, 6) is 3.67. The van der Waals surface area contributed by atoms with E-state index in [2.05, 4.69) is 31.1 Å². The minimum Gasteiger partial charge on any atom is -0.316 e. The van der Waals surface area contributed by atoms with Gasteiger partial charge in [0.25, 0.3) is 0 Å². The molecule has 0 saturated carbocycles. The Labute approximate surface area is 87.1 Å². The summed E-state index contributed by atoms with van der Waals surface area (Å²) in [6.45, 7) is 2.28. The lowest BCUT2D eigenvalue weighted by molar-refractivity contribution is 0.409. The van der Waals surface area contributed by atoms with Gasteiger partial charge in [0.15, 0.2) is 0 Å². The topological polar surface area (TPSA) is 12.0 Å². The SMILES string of the molecule is CCCCCCC1CSCC1NC. The Morgan fingerprint density at radius 1 is 1.23 bits per heavy atom. The van der Waals surface area contributed by atoms with E-state index in [1.807, 2.05) is 0 Å². The zero-order valence-electron chi connectivity index (χ0n) is 9.01. The van der Waals surface area contributed by atoms with Gasteiger partial charge in [0.2, 0.25) is 0 Å². The maximum atomic E-state index is 3.43. The fourth-order valence-electron chi connectivity index (χ4n) is 2.04. The van der Waals surface area contributed by atoms with Crippen molar-refractivity contribution in [1.29, 1.82) is 0 Å². The second-order valence-corrected chi connectivity index (χ2v) is 5.12. The van der Waals surface area contributed by atoms with Crippen LogP contribution in [0.1, 0.15) is 39.0 Å². The summed E-state index contributed by atoms with van der Waals surface area (Å²) in [6.07, 6.45) is 7.10. The highest BCUT2D eigenvalue weighted by molar-refractivity contribution is 7.99. The van der Waals surface area contributed by atoms with Gasteiger partial charge in [-0.25, -0.2) is 0 Å². The van der Waals surface area contributed by atoms with Crippen molar-refractivity contribution in [1.82, 2.24) is 5.32 Å². The van der Waals surface area contributed by atoms with Crippen LogP contribution in [0.25, 0.3) is 0 Å². The van der Waals surface area contributed by atoms with Crippen LogP contribution in [0.4, 0.5) is 0 Å². The van der Waals surface area contributed by atoms with Crippen molar-refractivity contribution in [2.24, 2.45) is 5.92 Å². The molecular weight excluding hydrogens is 178 g/mol. The predicted octanol–water partition coefficient (Wildman–Crippen LogP) is 2.91. The fraction of sp³-hybridized carbons (Fsp3) is 1.00. The fourth-order valence-corrected chi connectivity index (χ4v) is 3.57. The molecule has 2 unspecified atom stereocenters. The molecule has 0 spiro atoms. The Morgan fingerprint density at radius 2 is 2.08 bits per heavy atom. The molecule has 0 bridgehead atoms. The molecule has 78 valence electrons. The third-order valence-electron chi connectivity index (χ3n) is 3.00. The first-order valence-electron chi connectivity index (χ1n) is 5.63. The lowest BCUT2D eigenvalue weighted by atomic mass is 9.96. The Kier molecular flexibility index (Phi) is 5.88. The van der Waals surface area contributed by atoms with Gasteiger partial charge in [-0.2, -0.15) is 11.8 Å². The zero-order valence-corrected chi connectivity index (χ0v) is 9.83. The minimum absolute atomic E-state index is 0.798. The van der Waals surface area contributed by atoms with Crippen LogP contribution in [-0.2, 0) is 0 Å². The number of nitrogens with one attached hydrogen (secondary N) is 1. The van der Waals surface area contributed by atoms with Gasteiger partial charge in [0.05, 0.1) is 0 Å². The van der Waals surface area contributed by atoms with Gasteiger partial charge in [-0.05, 0) is 25.1 Å². The van der Waals surface area contributed by atoms with E-state index in [0.717, 1.165) is 12.0 Å². The third kappa shape index (κ3) is 3.90. The first-order valence-corrected chi connectivity index (χ1v) is 6.79. The molecule has 1 aliphatic heterocycles. The molecule has 1 nitrogen and oxygen atoms in total. The van der Waals surface area contributed by atoms with E-state index >= 15 is 0 Å². The molecule has 1 rings (SSSR count). The summed E-state index contributed by atoms with van der Waals surface area (Å²) in [4.78, 5) is 0. The van der Waals surface area contributed by atoms with Crippen LogP contribution < -0.4 is 5.32 Å². The quantitative estimate of drug-likeness (QED) is 0.663. The molecule has 2 heteroatoms. The van der Waals surface area contributed by atoms with Crippen molar-refractivity contribution >= 4 is 11.8 Å². The Hall–Kier alpha value is 0.310. The molecule has 13 heavy (non-hydrogen) atoms. The first-order chi connectivity index (χ1) is 6.38. The second kappa shape index (κ2) is 6.72. The van der Waals surface area contributed by atoms with Crippen molar-refractivity contribution in [3.63, 3.8) is 0 Å². The van der Waals surface area contributed by atoms with Crippen molar-refractivity contribution < 1.29 is 0 Å². The number of hydrogen-bond donors (Lipinski definition) is 1. The normalized spacial score (nSPS) is 28.2. The van der Waals surface area contributed by atoms with E-state index in [1.165, 1.54) is 43.6 Å². The van der Waals surface area contributed by atoms with Crippen molar-refractivity contribution in [2.45, 2.75) is 45.1 Å². The number of hydrogen-bond acceptors (Lipinski definition) is 2. The molecule has 1 saturated heterocycles. The van der Waals surface area contributed by atoms with Crippen LogP contribution >= 0.6 is 11.8 Å². The summed E-state index contributed by atoms with van der Waals surface area (Å²) < 4.78 is 0. The summed E-state index contributed by atoms with van der Waals surface area (Å²) in [6, 6.07) is 0.798. The van der Waals surface area contributed by atoms with E-state index < -0.39 is 0 Å². The molecule has 1 heterocycles. The highest BCUT2D eigenvalue weighted by Crippen LogP contribution is 2.28. The van der Waals surface area contributed by atoms with Gasteiger partial charge in [0, 0.05) is 11.8 Å². The number of thioether (sulfide) groups is 1.